The zero-order valence-corrected chi connectivity index (χ0v) is 14.2. The second kappa shape index (κ2) is 6.62. The number of carbonyl (C=O) groups is 2. The molecule has 0 aromatic carbocycles. The van der Waals surface area contributed by atoms with Crippen LogP contribution in [0.1, 0.15) is 38.2 Å². The number of rotatable bonds is 4. The summed E-state index contributed by atoms with van der Waals surface area (Å²) in [6.45, 7) is 4.29. The van der Waals surface area contributed by atoms with Crippen LogP contribution in [-0.4, -0.2) is 40.6 Å². The Balaban J connectivity index is 2.33. The lowest BCUT2D eigenvalue weighted by molar-refractivity contribution is 0.0831. The molecule has 0 aliphatic heterocycles. The largest absolute Gasteiger partial charge is 0.344 e. The molecule has 2 aromatic heterocycles. The summed E-state index contributed by atoms with van der Waals surface area (Å²) < 4.78 is 1.64. The van der Waals surface area contributed by atoms with Crippen LogP contribution in [0.2, 0.25) is 0 Å². The number of hydrogen-bond acceptors (Lipinski definition) is 5. The molecule has 2 rings (SSSR count). The SMILES string of the molecule is CCn1ccc(C(=O)Nc2sc(C(=O)N(C)C)c(C)c2C#N)n1. The van der Waals surface area contributed by atoms with E-state index in [0.29, 0.717) is 27.5 Å². The molecule has 2 aromatic rings. The van der Waals surface area contributed by atoms with Gasteiger partial charge in [-0.3, -0.25) is 14.3 Å². The molecule has 0 spiro atoms. The van der Waals surface area contributed by atoms with Crippen LogP contribution in [0.5, 0.6) is 0 Å². The minimum Gasteiger partial charge on any atom is -0.344 e. The van der Waals surface area contributed by atoms with Gasteiger partial charge in [-0.1, -0.05) is 0 Å². The van der Waals surface area contributed by atoms with E-state index in [1.54, 1.807) is 38.0 Å². The van der Waals surface area contributed by atoms with E-state index in [1.165, 1.54) is 4.90 Å². The van der Waals surface area contributed by atoms with Crippen LogP contribution < -0.4 is 5.32 Å². The molecule has 0 radical (unpaired) electrons. The lowest BCUT2D eigenvalue weighted by atomic mass is 10.1. The standard InChI is InChI=1S/C15H17N5O2S/c1-5-20-7-6-11(18-20)13(21)17-14-10(8-16)9(2)12(23-14)15(22)19(3)4/h6-7H,5H2,1-4H3,(H,17,21). The van der Waals surface area contributed by atoms with E-state index in [0.717, 1.165) is 11.3 Å². The first-order valence-corrected chi connectivity index (χ1v) is 7.80. The number of hydrogen-bond donors (Lipinski definition) is 1. The number of aromatic nitrogens is 2. The van der Waals surface area contributed by atoms with Crippen molar-refractivity contribution in [3.05, 3.63) is 34.0 Å². The Hall–Kier alpha value is -2.66. The number of nitriles is 1. The van der Waals surface area contributed by atoms with Crippen LogP contribution in [0.25, 0.3) is 0 Å². The number of nitrogens with one attached hydrogen (secondary N) is 1. The normalized spacial score (nSPS) is 10.2. The smallest absolute Gasteiger partial charge is 0.276 e. The van der Waals surface area contributed by atoms with Crippen molar-refractivity contribution in [3.8, 4) is 6.07 Å². The van der Waals surface area contributed by atoms with Crippen LogP contribution >= 0.6 is 11.3 Å². The topological polar surface area (TPSA) is 91.0 Å². The van der Waals surface area contributed by atoms with Gasteiger partial charge >= 0.3 is 0 Å². The third-order valence-electron chi connectivity index (χ3n) is 3.28. The van der Waals surface area contributed by atoms with Gasteiger partial charge in [0.25, 0.3) is 11.8 Å². The van der Waals surface area contributed by atoms with Gasteiger partial charge in [-0.25, -0.2) is 0 Å². The molecule has 0 saturated heterocycles. The number of amides is 2. The number of nitrogens with zero attached hydrogens (tertiary/aromatic N) is 4. The third-order valence-corrected chi connectivity index (χ3v) is 4.48. The van der Waals surface area contributed by atoms with Gasteiger partial charge in [0.2, 0.25) is 0 Å². The first-order chi connectivity index (χ1) is 10.9. The first kappa shape index (κ1) is 16.7. The average molecular weight is 331 g/mol. The zero-order chi connectivity index (χ0) is 17.1. The van der Waals surface area contributed by atoms with Crippen molar-refractivity contribution in [3.63, 3.8) is 0 Å². The van der Waals surface area contributed by atoms with E-state index in [2.05, 4.69) is 16.5 Å². The highest BCUT2D eigenvalue weighted by Crippen LogP contribution is 2.33. The summed E-state index contributed by atoms with van der Waals surface area (Å²) in [4.78, 5) is 26.3. The predicted molar refractivity (Wildman–Crippen MR) is 87.6 cm³/mol. The van der Waals surface area contributed by atoms with Crippen molar-refractivity contribution in [2.45, 2.75) is 20.4 Å². The van der Waals surface area contributed by atoms with E-state index in [4.69, 9.17) is 0 Å². The van der Waals surface area contributed by atoms with E-state index < -0.39 is 5.91 Å². The van der Waals surface area contributed by atoms with E-state index in [1.807, 2.05) is 6.92 Å². The van der Waals surface area contributed by atoms with Crippen molar-refractivity contribution in [1.82, 2.24) is 14.7 Å². The maximum absolute atomic E-state index is 12.3. The van der Waals surface area contributed by atoms with Crippen molar-refractivity contribution in [2.24, 2.45) is 0 Å². The van der Waals surface area contributed by atoms with E-state index in [9.17, 15) is 14.9 Å². The monoisotopic (exact) mass is 331 g/mol. The Morgan fingerprint density at radius 2 is 2.17 bits per heavy atom. The third kappa shape index (κ3) is 3.24. The number of carbonyl (C=O) groups excluding carboxylic acids is 2. The summed E-state index contributed by atoms with van der Waals surface area (Å²) >= 11 is 1.10. The molecular formula is C15H17N5O2S. The van der Waals surface area contributed by atoms with Crippen molar-refractivity contribution in [1.29, 1.82) is 5.26 Å². The molecule has 0 aliphatic rings. The molecule has 0 fully saturated rings. The zero-order valence-electron chi connectivity index (χ0n) is 13.4. The van der Waals surface area contributed by atoms with Crippen LogP contribution in [0.4, 0.5) is 5.00 Å². The summed E-state index contributed by atoms with van der Waals surface area (Å²) in [6.07, 6.45) is 1.71. The molecular weight excluding hydrogens is 314 g/mol. The summed E-state index contributed by atoms with van der Waals surface area (Å²) in [6, 6.07) is 3.66. The Kier molecular flexibility index (Phi) is 4.81. The van der Waals surface area contributed by atoms with Crippen LogP contribution in [0.15, 0.2) is 12.3 Å². The number of thiophene rings is 1. The summed E-state index contributed by atoms with van der Waals surface area (Å²) in [5, 5.41) is 16.5. The van der Waals surface area contributed by atoms with Crippen LogP contribution in [-0.2, 0) is 6.54 Å². The number of aryl methyl sites for hydroxylation is 1. The fourth-order valence-electron chi connectivity index (χ4n) is 1.97. The minimum atomic E-state index is -0.404. The fourth-order valence-corrected chi connectivity index (χ4v) is 3.14. The van der Waals surface area contributed by atoms with Gasteiger partial charge in [0.15, 0.2) is 5.69 Å². The Morgan fingerprint density at radius 1 is 1.48 bits per heavy atom. The lowest BCUT2D eigenvalue weighted by Crippen LogP contribution is -2.21. The molecule has 0 unspecified atom stereocenters. The second-order valence-electron chi connectivity index (χ2n) is 5.08. The molecule has 0 bridgehead atoms. The maximum atomic E-state index is 12.3. The molecule has 8 heteroatoms. The Bertz CT molecular complexity index is 797. The minimum absolute atomic E-state index is 0.195. The van der Waals surface area contributed by atoms with Gasteiger partial charge < -0.3 is 10.2 Å². The molecule has 1 N–H and O–H groups in total. The van der Waals surface area contributed by atoms with Gasteiger partial charge in [0, 0.05) is 26.8 Å². The molecule has 2 amide bonds. The molecule has 120 valence electrons. The quantitative estimate of drug-likeness (QED) is 0.929. The second-order valence-corrected chi connectivity index (χ2v) is 6.10. The molecule has 7 nitrogen and oxygen atoms in total. The molecule has 0 atom stereocenters. The summed E-state index contributed by atoms with van der Waals surface area (Å²) in [5.74, 6) is -0.599. The molecule has 23 heavy (non-hydrogen) atoms. The van der Waals surface area contributed by atoms with Crippen molar-refractivity contribution < 1.29 is 9.59 Å². The first-order valence-electron chi connectivity index (χ1n) is 6.99. The van der Waals surface area contributed by atoms with Gasteiger partial charge in [-0.2, -0.15) is 10.4 Å². The average Bonchev–Trinajstić information content (AvgIpc) is 3.11. The summed E-state index contributed by atoms with van der Waals surface area (Å²) in [7, 11) is 3.28. The predicted octanol–water partition coefficient (Wildman–Crippen LogP) is 2.10. The van der Waals surface area contributed by atoms with Gasteiger partial charge in [-0.05, 0) is 25.5 Å². The van der Waals surface area contributed by atoms with Gasteiger partial charge in [0.05, 0.1) is 10.4 Å². The Labute approximate surface area is 138 Å². The van der Waals surface area contributed by atoms with Crippen molar-refractivity contribution in [2.75, 3.05) is 19.4 Å². The lowest BCUT2D eigenvalue weighted by Gasteiger charge is -2.08. The number of anilines is 1. The molecule has 0 aliphatic carbocycles. The van der Waals surface area contributed by atoms with E-state index in [-0.39, 0.29) is 11.6 Å². The van der Waals surface area contributed by atoms with Crippen LogP contribution in [0, 0.1) is 18.3 Å². The molecule has 0 saturated carbocycles. The maximum Gasteiger partial charge on any atom is 0.276 e. The van der Waals surface area contributed by atoms with E-state index >= 15 is 0 Å². The molecule has 2 heterocycles. The van der Waals surface area contributed by atoms with Gasteiger partial charge in [0.1, 0.15) is 11.1 Å². The summed E-state index contributed by atoms with van der Waals surface area (Å²) in [5.41, 5.74) is 1.15. The van der Waals surface area contributed by atoms with Crippen molar-refractivity contribution >= 4 is 28.2 Å². The highest BCUT2D eigenvalue weighted by atomic mass is 32.1. The van der Waals surface area contributed by atoms with Gasteiger partial charge in [-0.15, -0.1) is 11.3 Å². The Morgan fingerprint density at radius 3 is 2.70 bits per heavy atom. The highest BCUT2D eigenvalue weighted by Gasteiger charge is 2.23. The highest BCUT2D eigenvalue weighted by molar-refractivity contribution is 7.18. The van der Waals surface area contributed by atoms with Crippen LogP contribution in [0.3, 0.4) is 0 Å². The fraction of sp³-hybridized carbons (Fsp3) is 0.333.